The van der Waals surface area contributed by atoms with Crippen LogP contribution in [0.1, 0.15) is 62.0 Å². The van der Waals surface area contributed by atoms with Crippen molar-refractivity contribution in [3.63, 3.8) is 0 Å². The second-order valence-corrected chi connectivity index (χ2v) is 13.1. The lowest BCUT2D eigenvalue weighted by Crippen LogP contribution is -2.33. The average molecular weight is 554 g/mol. The molecule has 1 saturated carbocycles. The highest BCUT2D eigenvalue weighted by atomic mass is 32.2. The number of nitrogens with one attached hydrogen (secondary N) is 1. The highest BCUT2D eigenvalue weighted by molar-refractivity contribution is 7.90. The first kappa shape index (κ1) is 26.2. The van der Waals surface area contributed by atoms with Crippen molar-refractivity contribution in [2.24, 2.45) is 0 Å². The quantitative estimate of drug-likeness (QED) is 0.282. The van der Waals surface area contributed by atoms with E-state index in [9.17, 15) is 13.2 Å². The minimum atomic E-state index is -3.99. The van der Waals surface area contributed by atoms with E-state index < -0.39 is 21.7 Å². The van der Waals surface area contributed by atoms with Crippen molar-refractivity contribution in [2.45, 2.75) is 70.1 Å². The van der Waals surface area contributed by atoms with Gasteiger partial charge in [0.1, 0.15) is 18.0 Å². The van der Waals surface area contributed by atoms with E-state index in [0.29, 0.717) is 29.5 Å². The van der Waals surface area contributed by atoms with Crippen LogP contribution in [0.2, 0.25) is 0 Å². The van der Waals surface area contributed by atoms with Crippen LogP contribution in [0, 0.1) is 6.92 Å². The fourth-order valence-electron chi connectivity index (χ4n) is 4.29. The summed E-state index contributed by atoms with van der Waals surface area (Å²) in [5.74, 6) is 1.03. The van der Waals surface area contributed by atoms with Crippen molar-refractivity contribution >= 4 is 38.4 Å². The molecule has 38 heavy (non-hydrogen) atoms. The van der Waals surface area contributed by atoms with Gasteiger partial charge in [0.25, 0.3) is 10.0 Å². The Labute approximate surface area is 226 Å². The van der Waals surface area contributed by atoms with Gasteiger partial charge in [-0.05, 0) is 76.3 Å². The molecule has 1 fully saturated rings. The third-order valence-electron chi connectivity index (χ3n) is 6.21. The van der Waals surface area contributed by atoms with Gasteiger partial charge in [-0.15, -0.1) is 11.3 Å². The Balaban J connectivity index is 1.60. The number of ether oxygens (including phenoxy) is 2. The zero-order valence-electron chi connectivity index (χ0n) is 21.9. The summed E-state index contributed by atoms with van der Waals surface area (Å²) in [5.41, 5.74) is 4.83. The van der Waals surface area contributed by atoms with Crippen molar-refractivity contribution in [3.05, 3.63) is 75.9 Å². The second kappa shape index (κ2) is 10.1. The van der Waals surface area contributed by atoms with Crippen LogP contribution in [0.25, 0.3) is 10.9 Å². The number of aryl methyl sites for hydroxylation is 1. The van der Waals surface area contributed by atoms with Crippen LogP contribution in [-0.4, -0.2) is 29.1 Å². The fraction of sp³-hybridized carbons (Fsp3) is 0.357. The molecule has 8 nitrogen and oxygen atoms in total. The Hall–Kier alpha value is -3.37. The molecule has 5 rings (SSSR count). The van der Waals surface area contributed by atoms with E-state index in [-0.39, 0.29) is 11.4 Å². The molecule has 0 radical (unpaired) electrons. The highest BCUT2D eigenvalue weighted by Crippen LogP contribution is 2.46. The van der Waals surface area contributed by atoms with Gasteiger partial charge in [-0.1, -0.05) is 17.7 Å². The molecule has 0 aliphatic heterocycles. The number of hydrogen-bond acceptors (Lipinski definition) is 7. The lowest BCUT2D eigenvalue weighted by atomic mass is 10.1. The molecule has 10 heteroatoms. The van der Waals surface area contributed by atoms with Crippen LogP contribution < -0.4 is 10.1 Å². The number of alkyl carbamates (subject to hydrolysis) is 1. The number of benzene rings is 2. The van der Waals surface area contributed by atoms with Crippen LogP contribution in [0.5, 0.6) is 5.75 Å². The van der Waals surface area contributed by atoms with Gasteiger partial charge >= 0.3 is 6.09 Å². The Morgan fingerprint density at radius 3 is 2.53 bits per heavy atom. The topological polar surface area (TPSA) is 99.5 Å². The minimum absolute atomic E-state index is 0.0253. The molecule has 200 valence electrons. The summed E-state index contributed by atoms with van der Waals surface area (Å²) >= 11 is 1.50. The van der Waals surface area contributed by atoms with Gasteiger partial charge in [-0.3, -0.25) is 0 Å². The number of nitrogens with zero attached hydrogens (tertiary/aromatic N) is 2. The summed E-state index contributed by atoms with van der Waals surface area (Å²) in [4.78, 5) is 16.9. The number of amides is 1. The number of carbonyl (C=O) groups is 1. The first-order valence-corrected chi connectivity index (χ1v) is 14.9. The molecule has 1 N–H and O–H groups in total. The van der Waals surface area contributed by atoms with Crippen molar-refractivity contribution in [1.82, 2.24) is 14.3 Å². The number of hydrogen-bond donors (Lipinski definition) is 1. The van der Waals surface area contributed by atoms with Crippen LogP contribution in [0.15, 0.2) is 58.3 Å². The van der Waals surface area contributed by atoms with E-state index in [2.05, 4.69) is 10.3 Å². The highest BCUT2D eigenvalue weighted by Gasteiger charge is 2.30. The van der Waals surface area contributed by atoms with Crippen molar-refractivity contribution < 1.29 is 22.7 Å². The first-order chi connectivity index (χ1) is 18.0. The summed E-state index contributed by atoms with van der Waals surface area (Å²) in [7, 11) is -3.99. The molecule has 4 aromatic rings. The monoisotopic (exact) mass is 553 g/mol. The first-order valence-electron chi connectivity index (χ1n) is 12.5. The number of thiazole rings is 1. The van der Waals surface area contributed by atoms with E-state index >= 15 is 0 Å². The third kappa shape index (κ3) is 5.71. The van der Waals surface area contributed by atoms with Gasteiger partial charge in [0.2, 0.25) is 0 Å². The number of fused-ring (bicyclic) bond motifs is 1. The summed E-state index contributed by atoms with van der Waals surface area (Å²) in [6.45, 7) is 7.51. The smallest absolute Gasteiger partial charge is 0.407 e. The Morgan fingerprint density at radius 2 is 1.89 bits per heavy atom. The fourth-order valence-corrected chi connectivity index (χ4v) is 6.36. The molecule has 2 aromatic heterocycles. The lowest BCUT2D eigenvalue weighted by Gasteiger charge is -2.20. The SMILES string of the molecule is Cc1ccc(S(=O)(=O)n2c(CNC(=O)OC(C)(C)C)cc3cc(C4CC4)c(OCc4cscn4)cc32)cc1. The number of rotatable bonds is 8. The lowest BCUT2D eigenvalue weighted by molar-refractivity contribution is 0.0522. The van der Waals surface area contributed by atoms with E-state index in [1.165, 1.54) is 15.3 Å². The summed E-state index contributed by atoms with van der Waals surface area (Å²) in [5, 5.41) is 5.41. The molecule has 2 aromatic carbocycles. The van der Waals surface area contributed by atoms with Gasteiger partial charge in [0.05, 0.1) is 33.9 Å². The van der Waals surface area contributed by atoms with E-state index in [1.54, 1.807) is 56.6 Å². The summed E-state index contributed by atoms with van der Waals surface area (Å²) in [6.07, 6.45) is 1.51. The standard InChI is InChI=1S/C28H31N3O5S2/c1-18-5-9-23(10-6-18)38(33,34)31-22(14-29-27(32)36-28(2,3)4)11-20-12-24(19-7-8-19)26(13-25(20)31)35-15-21-16-37-17-30-21/h5-6,9-13,16-17,19H,7-8,14-15H2,1-4H3,(H,29,32). The van der Waals surface area contributed by atoms with Crippen LogP contribution in [0.4, 0.5) is 4.79 Å². The third-order valence-corrected chi connectivity index (χ3v) is 8.62. The second-order valence-electron chi connectivity index (χ2n) is 10.6. The predicted molar refractivity (Wildman–Crippen MR) is 147 cm³/mol. The predicted octanol–water partition coefficient (Wildman–Crippen LogP) is 6.12. The molecule has 0 saturated heterocycles. The molecule has 1 aliphatic carbocycles. The maximum atomic E-state index is 14.0. The normalized spacial score (nSPS) is 14.0. The maximum absolute atomic E-state index is 14.0. The van der Waals surface area contributed by atoms with Gasteiger partial charge in [0.15, 0.2) is 0 Å². The van der Waals surface area contributed by atoms with Gasteiger partial charge in [0, 0.05) is 16.8 Å². The maximum Gasteiger partial charge on any atom is 0.407 e. The van der Waals surface area contributed by atoms with Gasteiger partial charge in [-0.2, -0.15) is 0 Å². The number of carbonyl (C=O) groups excluding carboxylic acids is 1. The van der Waals surface area contributed by atoms with E-state index in [1.807, 2.05) is 24.4 Å². The van der Waals surface area contributed by atoms with Gasteiger partial charge < -0.3 is 14.8 Å². The molecule has 2 heterocycles. The molecule has 1 amide bonds. The minimum Gasteiger partial charge on any atom is -0.487 e. The average Bonchev–Trinajstić information content (AvgIpc) is 3.42. The van der Waals surface area contributed by atoms with Crippen molar-refractivity contribution in [3.8, 4) is 5.75 Å². The van der Waals surface area contributed by atoms with Crippen molar-refractivity contribution in [2.75, 3.05) is 0 Å². The Bertz CT molecular complexity index is 1560. The molecular formula is C28H31N3O5S2. The van der Waals surface area contributed by atoms with Crippen molar-refractivity contribution in [1.29, 1.82) is 0 Å². The number of aromatic nitrogens is 2. The molecular weight excluding hydrogens is 522 g/mol. The summed E-state index contributed by atoms with van der Waals surface area (Å²) in [6, 6.07) is 12.4. The van der Waals surface area contributed by atoms with Crippen LogP contribution in [0.3, 0.4) is 0 Å². The zero-order valence-corrected chi connectivity index (χ0v) is 23.5. The molecule has 1 aliphatic rings. The zero-order chi connectivity index (χ0) is 27.1. The van der Waals surface area contributed by atoms with E-state index in [4.69, 9.17) is 9.47 Å². The summed E-state index contributed by atoms with van der Waals surface area (Å²) < 4.78 is 40.8. The largest absolute Gasteiger partial charge is 0.487 e. The molecule has 0 bridgehead atoms. The Morgan fingerprint density at radius 1 is 1.16 bits per heavy atom. The van der Waals surface area contributed by atoms with E-state index in [0.717, 1.165) is 35.0 Å². The Kier molecular flexibility index (Phi) is 6.96. The van der Waals surface area contributed by atoms with Crippen LogP contribution in [-0.2, 0) is 27.9 Å². The molecule has 0 unspecified atom stereocenters. The molecule has 0 atom stereocenters. The van der Waals surface area contributed by atoms with Gasteiger partial charge in [-0.25, -0.2) is 22.2 Å². The molecule has 0 spiro atoms. The van der Waals surface area contributed by atoms with Crippen LogP contribution >= 0.6 is 11.3 Å².